The van der Waals surface area contributed by atoms with Crippen LogP contribution < -0.4 is 14.7 Å². The molecular weight excluding hydrogens is 368 g/mol. The average molecular weight is 391 g/mol. The van der Waals surface area contributed by atoms with Crippen LogP contribution >= 0.6 is 11.3 Å². The smallest absolute Gasteiger partial charge is 0.224 e. The van der Waals surface area contributed by atoms with E-state index in [1.165, 1.54) is 22.7 Å². The molecule has 0 fully saturated rings. The summed E-state index contributed by atoms with van der Waals surface area (Å²) in [5.41, 5.74) is 4.66. The third kappa shape index (κ3) is 3.51. The van der Waals surface area contributed by atoms with Gasteiger partial charge in [-0.05, 0) is 29.8 Å². The molecule has 0 amide bonds. The third-order valence-electron chi connectivity index (χ3n) is 4.90. The van der Waals surface area contributed by atoms with Crippen LogP contribution in [0.1, 0.15) is 10.4 Å². The van der Waals surface area contributed by atoms with Crippen molar-refractivity contribution in [3.05, 3.63) is 53.2 Å². The SMILES string of the molecule is CN(C)c1ncc(CN2CCN(C)c3ccc(-c4ccc(C#N)s4)cc32)cn1. The van der Waals surface area contributed by atoms with Crippen molar-refractivity contribution in [1.82, 2.24) is 9.97 Å². The van der Waals surface area contributed by atoms with Crippen molar-refractivity contribution in [3.8, 4) is 16.5 Å². The summed E-state index contributed by atoms with van der Waals surface area (Å²) in [6, 6.07) is 12.7. The van der Waals surface area contributed by atoms with E-state index in [4.69, 9.17) is 5.26 Å². The van der Waals surface area contributed by atoms with Gasteiger partial charge in [0.05, 0.1) is 11.4 Å². The monoisotopic (exact) mass is 390 g/mol. The fraction of sp³-hybridized carbons (Fsp3) is 0.286. The van der Waals surface area contributed by atoms with Gasteiger partial charge in [-0.1, -0.05) is 6.07 Å². The number of hydrogen-bond donors (Lipinski definition) is 0. The second-order valence-corrected chi connectivity index (χ2v) is 8.19. The Hall–Kier alpha value is -3.11. The van der Waals surface area contributed by atoms with Crippen LogP contribution in [0.15, 0.2) is 42.7 Å². The highest BCUT2D eigenvalue weighted by molar-refractivity contribution is 7.16. The first-order valence-corrected chi connectivity index (χ1v) is 9.95. The minimum atomic E-state index is 0.718. The second kappa shape index (κ2) is 7.49. The Bertz CT molecular complexity index is 1020. The number of hydrogen-bond acceptors (Lipinski definition) is 7. The zero-order valence-corrected chi connectivity index (χ0v) is 17.1. The summed E-state index contributed by atoms with van der Waals surface area (Å²) in [7, 11) is 6.01. The highest BCUT2D eigenvalue weighted by atomic mass is 32.1. The molecule has 3 aromatic rings. The van der Waals surface area contributed by atoms with E-state index < -0.39 is 0 Å². The molecular formula is C21H22N6S. The molecule has 1 aliphatic rings. The van der Waals surface area contributed by atoms with Crippen molar-refractivity contribution in [1.29, 1.82) is 5.26 Å². The van der Waals surface area contributed by atoms with Crippen molar-refractivity contribution in [2.24, 2.45) is 0 Å². The minimum absolute atomic E-state index is 0.718. The molecule has 4 rings (SSSR count). The first-order valence-electron chi connectivity index (χ1n) is 9.14. The van der Waals surface area contributed by atoms with Crippen LogP contribution in [0.3, 0.4) is 0 Å². The topological polar surface area (TPSA) is 59.3 Å². The Kier molecular flexibility index (Phi) is 4.88. The van der Waals surface area contributed by atoms with Crippen LogP contribution in [0.4, 0.5) is 17.3 Å². The van der Waals surface area contributed by atoms with Crippen molar-refractivity contribution < 1.29 is 0 Å². The number of aromatic nitrogens is 2. The average Bonchev–Trinajstić information content (AvgIpc) is 3.20. The number of rotatable bonds is 4. The highest BCUT2D eigenvalue weighted by Gasteiger charge is 2.21. The van der Waals surface area contributed by atoms with Gasteiger partial charge in [0.25, 0.3) is 0 Å². The number of fused-ring (bicyclic) bond motifs is 1. The Morgan fingerprint density at radius 3 is 2.57 bits per heavy atom. The molecule has 1 aromatic carbocycles. The van der Waals surface area contributed by atoms with Gasteiger partial charge in [-0.3, -0.25) is 0 Å². The van der Waals surface area contributed by atoms with E-state index in [0.29, 0.717) is 0 Å². The Morgan fingerprint density at radius 1 is 1.11 bits per heavy atom. The lowest BCUT2D eigenvalue weighted by Gasteiger charge is -2.37. The number of likely N-dealkylation sites (N-methyl/N-ethyl adjacent to an activating group) is 1. The zero-order chi connectivity index (χ0) is 19.7. The van der Waals surface area contributed by atoms with Gasteiger partial charge in [0, 0.05) is 63.6 Å². The van der Waals surface area contributed by atoms with Gasteiger partial charge < -0.3 is 14.7 Å². The van der Waals surface area contributed by atoms with E-state index in [1.807, 2.05) is 43.5 Å². The van der Waals surface area contributed by atoms with Gasteiger partial charge in [0.1, 0.15) is 10.9 Å². The van der Waals surface area contributed by atoms with Crippen LogP contribution in [-0.4, -0.2) is 44.2 Å². The maximum Gasteiger partial charge on any atom is 0.224 e. The summed E-state index contributed by atoms with van der Waals surface area (Å²) in [4.78, 5) is 17.3. The molecule has 2 aromatic heterocycles. The lowest BCUT2D eigenvalue weighted by Crippen LogP contribution is -2.38. The summed E-state index contributed by atoms with van der Waals surface area (Å²) in [6.45, 7) is 2.68. The Morgan fingerprint density at radius 2 is 1.89 bits per heavy atom. The van der Waals surface area contributed by atoms with Gasteiger partial charge >= 0.3 is 0 Å². The van der Waals surface area contributed by atoms with E-state index in [2.05, 4.69) is 51.1 Å². The summed E-state index contributed by atoms with van der Waals surface area (Å²) >= 11 is 1.53. The quantitative estimate of drug-likeness (QED) is 0.678. The molecule has 7 heteroatoms. The molecule has 28 heavy (non-hydrogen) atoms. The molecule has 0 aliphatic carbocycles. The lowest BCUT2D eigenvalue weighted by molar-refractivity contribution is 0.731. The van der Waals surface area contributed by atoms with Crippen LogP contribution in [-0.2, 0) is 6.54 Å². The maximum absolute atomic E-state index is 9.12. The largest absolute Gasteiger partial charge is 0.371 e. The van der Waals surface area contributed by atoms with Gasteiger partial charge in [-0.25, -0.2) is 9.97 Å². The molecule has 0 unspecified atom stereocenters. The molecule has 0 saturated carbocycles. The zero-order valence-electron chi connectivity index (χ0n) is 16.3. The Balaban J connectivity index is 1.65. The van der Waals surface area contributed by atoms with Crippen LogP contribution in [0.2, 0.25) is 0 Å². The van der Waals surface area contributed by atoms with E-state index >= 15 is 0 Å². The molecule has 3 heterocycles. The van der Waals surface area contributed by atoms with Gasteiger partial charge in [0.15, 0.2) is 0 Å². The fourth-order valence-electron chi connectivity index (χ4n) is 3.36. The van der Waals surface area contributed by atoms with E-state index in [9.17, 15) is 0 Å². The van der Waals surface area contributed by atoms with Crippen molar-refractivity contribution in [3.63, 3.8) is 0 Å². The molecule has 0 saturated heterocycles. The first kappa shape index (κ1) is 18.3. The summed E-state index contributed by atoms with van der Waals surface area (Å²) < 4.78 is 0. The van der Waals surface area contributed by atoms with Gasteiger partial charge in [-0.15, -0.1) is 11.3 Å². The lowest BCUT2D eigenvalue weighted by atomic mass is 10.1. The first-order chi connectivity index (χ1) is 13.5. The summed E-state index contributed by atoms with van der Waals surface area (Å²) in [5, 5.41) is 9.12. The third-order valence-corrected chi connectivity index (χ3v) is 5.94. The Labute approximate surface area is 169 Å². The van der Waals surface area contributed by atoms with Crippen molar-refractivity contribution >= 4 is 28.7 Å². The molecule has 0 bridgehead atoms. The van der Waals surface area contributed by atoms with Gasteiger partial charge in [0.2, 0.25) is 5.95 Å². The maximum atomic E-state index is 9.12. The summed E-state index contributed by atoms with van der Waals surface area (Å²) in [5.74, 6) is 0.718. The van der Waals surface area contributed by atoms with Crippen molar-refractivity contribution in [2.75, 3.05) is 48.9 Å². The second-order valence-electron chi connectivity index (χ2n) is 7.11. The normalized spacial score (nSPS) is 13.2. The molecule has 1 aliphatic heterocycles. The minimum Gasteiger partial charge on any atom is -0.371 e. The molecule has 0 radical (unpaired) electrons. The number of nitriles is 1. The number of benzene rings is 1. The van der Waals surface area contributed by atoms with Crippen molar-refractivity contribution in [2.45, 2.75) is 6.54 Å². The van der Waals surface area contributed by atoms with E-state index in [1.54, 1.807) is 0 Å². The number of thiophene rings is 1. The molecule has 0 atom stereocenters. The van der Waals surface area contributed by atoms with Crippen LogP contribution in [0.5, 0.6) is 0 Å². The van der Waals surface area contributed by atoms with E-state index in [-0.39, 0.29) is 0 Å². The number of anilines is 3. The molecule has 142 valence electrons. The highest BCUT2D eigenvalue weighted by Crippen LogP contribution is 2.38. The molecule has 0 spiro atoms. The number of nitrogens with zero attached hydrogens (tertiary/aromatic N) is 6. The summed E-state index contributed by atoms with van der Waals surface area (Å²) in [6.07, 6.45) is 3.81. The fourth-order valence-corrected chi connectivity index (χ4v) is 4.16. The predicted molar refractivity (Wildman–Crippen MR) is 115 cm³/mol. The molecule has 0 N–H and O–H groups in total. The predicted octanol–water partition coefficient (Wildman–Crippen LogP) is 3.60. The molecule has 6 nitrogen and oxygen atoms in total. The van der Waals surface area contributed by atoms with Gasteiger partial charge in [-0.2, -0.15) is 5.26 Å². The van der Waals surface area contributed by atoms with Crippen LogP contribution in [0, 0.1) is 11.3 Å². The van der Waals surface area contributed by atoms with E-state index in [0.717, 1.165) is 46.5 Å². The standard InChI is InChI=1S/C21H22N6S/c1-25(2)21-23-12-15(13-24-21)14-27-9-8-26(3)18-6-4-16(10-19(18)27)20-7-5-17(11-22)28-20/h4-7,10,12-13H,8-9,14H2,1-3H3. The van der Waals surface area contributed by atoms with Crippen LogP contribution in [0.25, 0.3) is 10.4 Å².